The van der Waals surface area contributed by atoms with Crippen LogP contribution in [0.2, 0.25) is 0 Å². The molecule has 0 heterocycles. The number of carbonyl (C=O) groups excluding carboxylic acids is 1. The summed E-state index contributed by atoms with van der Waals surface area (Å²) in [5, 5.41) is 0. The normalized spacial score (nSPS) is 17.4. The molecular weight excluding hydrogens is 233 g/mol. The first-order valence-electron chi connectivity index (χ1n) is 5.97. The molecule has 0 aromatic heterocycles. The lowest BCUT2D eigenvalue weighted by Crippen LogP contribution is -2.42. The van der Waals surface area contributed by atoms with Crippen LogP contribution in [0.3, 0.4) is 0 Å². The van der Waals surface area contributed by atoms with Gasteiger partial charge >= 0.3 is 6.18 Å². The van der Waals surface area contributed by atoms with Gasteiger partial charge in [-0.05, 0) is 18.8 Å². The Hall–Kier alpha value is -0.780. The van der Waals surface area contributed by atoms with Gasteiger partial charge in [-0.1, -0.05) is 12.8 Å². The van der Waals surface area contributed by atoms with Crippen LogP contribution in [-0.4, -0.2) is 36.6 Å². The van der Waals surface area contributed by atoms with Gasteiger partial charge in [0.2, 0.25) is 5.91 Å². The molecule has 0 unspecified atom stereocenters. The van der Waals surface area contributed by atoms with Gasteiger partial charge in [0.25, 0.3) is 0 Å². The third-order valence-corrected chi connectivity index (χ3v) is 3.06. The summed E-state index contributed by atoms with van der Waals surface area (Å²) in [5.41, 5.74) is 5.23. The highest BCUT2D eigenvalue weighted by Crippen LogP contribution is 2.28. The van der Waals surface area contributed by atoms with Crippen LogP contribution in [0.4, 0.5) is 13.2 Å². The van der Waals surface area contributed by atoms with E-state index in [4.69, 9.17) is 5.73 Å². The van der Waals surface area contributed by atoms with Crippen molar-refractivity contribution in [1.29, 1.82) is 0 Å². The largest absolute Gasteiger partial charge is 0.406 e. The zero-order valence-corrected chi connectivity index (χ0v) is 9.80. The molecule has 1 fully saturated rings. The Morgan fingerprint density at radius 1 is 1.29 bits per heavy atom. The Balaban J connectivity index is 2.47. The third-order valence-electron chi connectivity index (χ3n) is 3.06. The molecule has 0 radical (unpaired) electrons. The second kappa shape index (κ2) is 6.23. The number of amides is 1. The number of alkyl halides is 3. The van der Waals surface area contributed by atoms with Crippen LogP contribution in [-0.2, 0) is 4.79 Å². The average molecular weight is 252 g/mol. The molecule has 1 rings (SSSR count). The van der Waals surface area contributed by atoms with Gasteiger partial charge in [0, 0.05) is 19.5 Å². The number of nitrogens with zero attached hydrogens (tertiary/aromatic N) is 1. The van der Waals surface area contributed by atoms with Gasteiger partial charge in [0.15, 0.2) is 0 Å². The molecule has 100 valence electrons. The molecule has 0 spiro atoms. The molecule has 3 nitrogen and oxygen atoms in total. The first-order chi connectivity index (χ1) is 7.92. The van der Waals surface area contributed by atoms with E-state index in [0.717, 1.165) is 30.6 Å². The second-order valence-electron chi connectivity index (χ2n) is 4.57. The number of rotatable bonds is 5. The number of carbonyl (C=O) groups is 1. The lowest BCUT2D eigenvalue weighted by atomic mass is 10.0. The van der Waals surface area contributed by atoms with Gasteiger partial charge < -0.3 is 10.6 Å². The van der Waals surface area contributed by atoms with Crippen molar-refractivity contribution in [1.82, 2.24) is 4.90 Å². The summed E-state index contributed by atoms with van der Waals surface area (Å²) in [6, 6.07) is 0. The molecule has 0 atom stereocenters. The smallest absolute Gasteiger partial charge is 0.332 e. The first-order valence-corrected chi connectivity index (χ1v) is 5.97. The Morgan fingerprint density at radius 3 is 2.35 bits per heavy atom. The van der Waals surface area contributed by atoms with E-state index in [9.17, 15) is 18.0 Å². The molecule has 1 aliphatic carbocycles. The van der Waals surface area contributed by atoms with Crippen molar-refractivity contribution in [3.05, 3.63) is 0 Å². The SMILES string of the molecule is NCCN(CC(F)(F)F)C(=O)CC1CCCC1. The van der Waals surface area contributed by atoms with E-state index in [2.05, 4.69) is 0 Å². The first kappa shape index (κ1) is 14.3. The number of halogens is 3. The molecule has 0 saturated heterocycles. The zero-order valence-electron chi connectivity index (χ0n) is 9.80. The minimum Gasteiger partial charge on any atom is -0.332 e. The maximum absolute atomic E-state index is 12.3. The maximum atomic E-state index is 12.3. The summed E-state index contributed by atoms with van der Waals surface area (Å²) < 4.78 is 36.8. The van der Waals surface area contributed by atoms with Crippen LogP contribution < -0.4 is 5.73 Å². The highest BCUT2D eigenvalue weighted by Gasteiger charge is 2.33. The number of hydrogen-bond donors (Lipinski definition) is 1. The van der Waals surface area contributed by atoms with E-state index in [1.165, 1.54) is 0 Å². The highest BCUT2D eigenvalue weighted by molar-refractivity contribution is 5.76. The summed E-state index contributed by atoms with van der Waals surface area (Å²) in [6.07, 6.45) is -0.0543. The van der Waals surface area contributed by atoms with E-state index in [-0.39, 0.29) is 25.4 Å². The van der Waals surface area contributed by atoms with Crippen LogP contribution in [0, 0.1) is 5.92 Å². The molecule has 1 aliphatic rings. The number of nitrogens with two attached hydrogens (primary N) is 1. The van der Waals surface area contributed by atoms with E-state index >= 15 is 0 Å². The minimum atomic E-state index is -4.35. The molecule has 17 heavy (non-hydrogen) atoms. The molecule has 0 aromatic carbocycles. The van der Waals surface area contributed by atoms with E-state index < -0.39 is 18.6 Å². The van der Waals surface area contributed by atoms with Crippen LogP contribution in [0.15, 0.2) is 0 Å². The van der Waals surface area contributed by atoms with Crippen molar-refractivity contribution in [2.75, 3.05) is 19.6 Å². The minimum absolute atomic E-state index is 0.0228. The van der Waals surface area contributed by atoms with E-state index in [1.54, 1.807) is 0 Å². The summed E-state index contributed by atoms with van der Waals surface area (Å²) in [6.45, 7) is -1.15. The van der Waals surface area contributed by atoms with Crippen molar-refractivity contribution in [2.45, 2.75) is 38.3 Å². The van der Waals surface area contributed by atoms with Gasteiger partial charge in [0.05, 0.1) is 0 Å². The standard InChI is InChI=1S/C11H19F3N2O/c12-11(13,14)8-16(6-5-15)10(17)7-9-3-1-2-4-9/h9H,1-8,15H2. The highest BCUT2D eigenvalue weighted by atomic mass is 19.4. The fourth-order valence-electron chi connectivity index (χ4n) is 2.25. The Bertz CT molecular complexity index is 250. The van der Waals surface area contributed by atoms with Gasteiger partial charge in [-0.15, -0.1) is 0 Å². The zero-order chi connectivity index (χ0) is 12.9. The molecule has 0 aliphatic heterocycles. The van der Waals surface area contributed by atoms with Crippen molar-refractivity contribution in [3.63, 3.8) is 0 Å². The van der Waals surface area contributed by atoms with Crippen LogP contribution in [0.1, 0.15) is 32.1 Å². The van der Waals surface area contributed by atoms with Crippen LogP contribution in [0.25, 0.3) is 0 Å². The molecule has 0 aromatic rings. The number of hydrogen-bond acceptors (Lipinski definition) is 2. The Morgan fingerprint density at radius 2 is 1.88 bits per heavy atom. The fraction of sp³-hybridized carbons (Fsp3) is 0.909. The van der Waals surface area contributed by atoms with Gasteiger partial charge in [0.1, 0.15) is 6.54 Å². The fourth-order valence-corrected chi connectivity index (χ4v) is 2.25. The summed E-state index contributed by atoms with van der Waals surface area (Å²) >= 11 is 0. The second-order valence-corrected chi connectivity index (χ2v) is 4.57. The van der Waals surface area contributed by atoms with Gasteiger partial charge in [-0.2, -0.15) is 13.2 Å². The van der Waals surface area contributed by atoms with Crippen molar-refractivity contribution < 1.29 is 18.0 Å². The molecule has 1 amide bonds. The third kappa shape index (κ3) is 5.39. The molecule has 0 bridgehead atoms. The van der Waals surface area contributed by atoms with Gasteiger partial charge in [-0.25, -0.2) is 0 Å². The topological polar surface area (TPSA) is 46.3 Å². The van der Waals surface area contributed by atoms with Crippen LogP contribution in [0.5, 0.6) is 0 Å². The summed E-state index contributed by atoms with van der Waals surface area (Å²) in [4.78, 5) is 12.6. The average Bonchev–Trinajstić information content (AvgIpc) is 2.67. The molecule has 6 heteroatoms. The monoisotopic (exact) mass is 252 g/mol. The predicted molar refractivity (Wildman–Crippen MR) is 58.3 cm³/mol. The Kier molecular flexibility index (Phi) is 5.24. The molecule has 2 N–H and O–H groups in total. The van der Waals surface area contributed by atoms with E-state index in [0.29, 0.717) is 0 Å². The lowest BCUT2D eigenvalue weighted by Gasteiger charge is -2.24. The summed E-state index contributed by atoms with van der Waals surface area (Å²) in [5.74, 6) is -0.157. The lowest BCUT2D eigenvalue weighted by molar-refractivity contribution is -0.161. The molecule has 1 saturated carbocycles. The quantitative estimate of drug-likeness (QED) is 0.812. The van der Waals surface area contributed by atoms with Crippen molar-refractivity contribution in [3.8, 4) is 0 Å². The van der Waals surface area contributed by atoms with Gasteiger partial charge in [-0.3, -0.25) is 4.79 Å². The Labute approximate surface area is 99.1 Å². The summed E-state index contributed by atoms with van der Waals surface area (Å²) in [7, 11) is 0. The van der Waals surface area contributed by atoms with Crippen LogP contribution >= 0.6 is 0 Å². The van der Waals surface area contributed by atoms with E-state index in [1.807, 2.05) is 0 Å². The molecular formula is C11H19F3N2O. The van der Waals surface area contributed by atoms with Crippen molar-refractivity contribution >= 4 is 5.91 Å². The van der Waals surface area contributed by atoms with Crippen molar-refractivity contribution in [2.24, 2.45) is 11.7 Å². The maximum Gasteiger partial charge on any atom is 0.406 e. The predicted octanol–water partition coefficient (Wildman–Crippen LogP) is 1.92.